The molecule has 4 aromatic carbocycles. The van der Waals surface area contributed by atoms with Crippen molar-refractivity contribution in [1.82, 2.24) is 10.2 Å². The summed E-state index contributed by atoms with van der Waals surface area (Å²) in [6.07, 6.45) is 0. The third-order valence-electron chi connectivity index (χ3n) is 6.17. The molecular weight excluding hydrogens is 400 g/mol. The molecule has 4 rings (SSSR count). The summed E-state index contributed by atoms with van der Waals surface area (Å²) in [5.74, 6) is 0. The van der Waals surface area contributed by atoms with Gasteiger partial charge in [-0.25, -0.2) is 0 Å². The van der Waals surface area contributed by atoms with Gasteiger partial charge in [-0.2, -0.15) is 0 Å². The summed E-state index contributed by atoms with van der Waals surface area (Å²) in [7, 11) is 0. The molecule has 2 nitrogen and oxygen atoms in total. The number of hydrogen-bond donors (Lipinski definition) is 1. The molecule has 0 aliphatic heterocycles. The molecular formula is C31H34N2. The Balaban J connectivity index is 1.46. The van der Waals surface area contributed by atoms with E-state index in [0.717, 1.165) is 32.7 Å². The number of aryl methyl sites for hydroxylation is 2. The third kappa shape index (κ3) is 6.89. The van der Waals surface area contributed by atoms with E-state index in [0.29, 0.717) is 0 Å². The van der Waals surface area contributed by atoms with Crippen molar-refractivity contribution in [1.29, 1.82) is 0 Å². The molecule has 0 atom stereocenters. The Labute approximate surface area is 198 Å². The van der Waals surface area contributed by atoms with Crippen molar-refractivity contribution in [3.8, 4) is 0 Å². The second kappa shape index (κ2) is 11.6. The highest BCUT2D eigenvalue weighted by molar-refractivity contribution is 5.37. The maximum atomic E-state index is 3.60. The van der Waals surface area contributed by atoms with E-state index in [9.17, 15) is 0 Å². The first kappa shape index (κ1) is 23.0. The van der Waals surface area contributed by atoms with Gasteiger partial charge in [0.25, 0.3) is 0 Å². The molecule has 0 bridgehead atoms. The van der Waals surface area contributed by atoms with E-state index in [1.54, 1.807) is 0 Å². The van der Waals surface area contributed by atoms with Crippen molar-refractivity contribution >= 4 is 0 Å². The molecule has 2 heteroatoms. The van der Waals surface area contributed by atoms with Crippen LogP contribution in [0.15, 0.2) is 103 Å². The summed E-state index contributed by atoms with van der Waals surface area (Å²) in [5.41, 5.74) is 9.53. The van der Waals surface area contributed by atoms with Crippen LogP contribution in [-0.2, 0) is 32.7 Å². The lowest BCUT2D eigenvalue weighted by molar-refractivity contribution is 0.247. The molecule has 0 amide bonds. The standard InChI is InChI=1S/C31H34N2/c1-25-19-31(26(2)18-30(25)21-32-20-27-12-6-3-7-13-27)24-33(22-28-14-8-4-9-15-28)23-29-16-10-5-11-17-29/h3-19,32H,20-24H2,1-2H3. The van der Waals surface area contributed by atoms with Gasteiger partial charge in [0.05, 0.1) is 0 Å². The molecule has 0 radical (unpaired) electrons. The van der Waals surface area contributed by atoms with Gasteiger partial charge in [-0.1, -0.05) is 103 Å². The van der Waals surface area contributed by atoms with Crippen LogP contribution in [0.25, 0.3) is 0 Å². The van der Waals surface area contributed by atoms with E-state index in [-0.39, 0.29) is 0 Å². The minimum absolute atomic E-state index is 0.888. The minimum atomic E-state index is 0.888. The van der Waals surface area contributed by atoms with E-state index in [4.69, 9.17) is 0 Å². The van der Waals surface area contributed by atoms with E-state index >= 15 is 0 Å². The molecule has 0 saturated carbocycles. The number of rotatable bonds is 10. The number of nitrogens with zero attached hydrogens (tertiary/aromatic N) is 1. The normalized spacial score (nSPS) is 11.1. The van der Waals surface area contributed by atoms with Crippen LogP contribution in [0.5, 0.6) is 0 Å². The van der Waals surface area contributed by atoms with E-state index < -0.39 is 0 Å². The molecule has 0 aliphatic rings. The minimum Gasteiger partial charge on any atom is -0.309 e. The fraction of sp³-hybridized carbons (Fsp3) is 0.226. The summed E-state index contributed by atoms with van der Waals surface area (Å²) < 4.78 is 0. The molecule has 0 saturated heterocycles. The van der Waals surface area contributed by atoms with Crippen molar-refractivity contribution < 1.29 is 0 Å². The quantitative estimate of drug-likeness (QED) is 0.295. The van der Waals surface area contributed by atoms with Crippen LogP contribution < -0.4 is 5.32 Å². The van der Waals surface area contributed by atoms with Crippen LogP contribution in [0.3, 0.4) is 0 Å². The molecule has 0 aliphatic carbocycles. The van der Waals surface area contributed by atoms with Gasteiger partial charge in [-0.15, -0.1) is 0 Å². The first-order valence-corrected chi connectivity index (χ1v) is 11.8. The highest BCUT2D eigenvalue weighted by atomic mass is 15.1. The Morgan fingerprint density at radius 2 is 0.970 bits per heavy atom. The van der Waals surface area contributed by atoms with Crippen LogP contribution in [0, 0.1) is 13.8 Å². The second-order valence-corrected chi connectivity index (χ2v) is 8.91. The first-order chi connectivity index (χ1) is 16.2. The van der Waals surface area contributed by atoms with Crippen molar-refractivity contribution in [3.63, 3.8) is 0 Å². The zero-order chi connectivity index (χ0) is 22.9. The highest BCUT2D eigenvalue weighted by Crippen LogP contribution is 2.21. The molecule has 0 spiro atoms. The Morgan fingerprint density at radius 1 is 0.515 bits per heavy atom. The molecule has 4 aromatic rings. The number of hydrogen-bond acceptors (Lipinski definition) is 2. The van der Waals surface area contributed by atoms with Crippen LogP contribution >= 0.6 is 0 Å². The largest absolute Gasteiger partial charge is 0.309 e. The molecule has 0 fully saturated rings. The Morgan fingerprint density at radius 3 is 1.52 bits per heavy atom. The molecule has 168 valence electrons. The van der Waals surface area contributed by atoms with Gasteiger partial charge in [0.15, 0.2) is 0 Å². The van der Waals surface area contributed by atoms with Gasteiger partial charge >= 0.3 is 0 Å². The van der Waals surface area contributed by atoms with Crippen LogP contribution in [0.1, 0.15) is 38.9 Å². The van der Waals surface area contributed by atoms with Crippen molar-refractivity contribution in [2.75, 3.05) is 0 Å². The summed E-state index contributed by atoms with van der Waals surface area (Å²) >= 11 is 0. The fourth-order valence-electron chi connectivity index (χ4n) is 4.33. The van der Waals surface area contributed by atoms with Gasteiger partial charge in [0, 0.05) is 32.7 Å². The molecule has 0 unspecified atom stereocenters. The first-order valence-electron chi connectivity index (χ1n) is 11.8. The zero-order valence-corrected chi connectivity index (χ0v) is 19.8. The zero-order valence-electron chi connectivity index (χ0n) is 19.8. The average Bonchev–Trinajstić information content (AvgIpc) is 2.84. The van der Waals surface area contributed by atoms with Crippen molar-refractivity contribution in [3.05, 3.63) is 142 Å². The molecule has 0 aromatic heterocycles. The Kier molecular flexibility index (Phi) is 8.08. The number of nitrogens with one attached hydrogen (secondary N) is 1. The maximum Gasteiger partial charge on any atom is 0.0243 e. The lowest BCUT2D eigenvalue weighted by Gasteiger charge is -2.24. The summed E-state index contributed by atoms with van der Waals surface area (Å²) in [6, 6.07) is 36.9. The SMILES string of the molecule is Cc1cc(CN(Cc2ccccc2)Cc2ccccc2)c(C)cc1CNCc1ccccc1. The van der Waals surface area contributed by atoms with Crippen LogP contribution in [-0.4, -0.2) is 4.90 Å². The van der Waals surface area contributed by atoms with Gasteiger partial charge in [0.1, 0.15) is 0 Å². The topological polar surface area (TPSA) is 15.3 Å². The third-order valence-corrected chi connectivity index (χ3v) is 6.17. The predicted octanol–water partition coefficient (Wildman–Crippen LogP) is 6.80. The summed E-state index contributed by atoms with van der Waals surface area (Å²) in [5, 5.41) is 3.60. The maximum absolute atomic E-state index is 3.60. The van der Waals surface area contributed by atoms with E-state index in [2.05, 4.69) is 127 Å². The molecule has 0 heterocycles. The van der Waals surface area contributed by atoms with Crippen molar-refractivity contribution in [2.45, 2.75) is 46.6 Å². The summed E-state index contributed by atoms with van der Waals surface area (Å²) in [4.78, 5) is 2.54. The Bertz CT molecular complexity index is 1080. The van der Waals surface area contributed by atoms with Crippen molar-refractivity contribution in [2.24, 2.45) is 0 Å². The molecule has 33 heavy (non-hydrogen) atoms. The fourth-order valence-corrected chi connectivity index (χ4v) is 4.33. The van der Waals surface area contributed by atoms with Gasteiger partial charge < -0.3 is 5.32 Å². The monoisotopic (exact) mass is 434 g/mol. The summed E-state index contributed by atoms with van der Waals surface area (Å²) in [6.45, 7) is 9.08. The van der Waals surface area contributed by atoms with Crippen LogP contribution in [0.2, 0.25) is 0 Å². The van der Waals surface area contributed by atoms with E-state index in [1.165, 1.54) is 38.9 Å². The second-order valence-electron chi connectivity index (χ2n) is 8.91. The average molecular weight is 435 g/mol. The predicted molar refractivity (Wildman–Crippen MR) is 139 cm³/mol. The number of benzene rings is 4. The lowest BCUT2D eigenvalue weighted by atomic mass is 9.99. The van der Waals surface area contributed by atoms with Crippen LogP contribution in [0.4, 0.5) is 0 Å². The molecule has 1 N–H and O–H groups in total. The Hall–Kier alpha value is -3.20. The highest BCUT2D eigenvalue weighted by Gasteiger charge is 2.12. The van der Waals surface area contributed by atoms with Gasteiger partial charge in [0.2, 0.25) is 0 Å². The van der Waals surface area contributed by atoms with Gasteiger partial charge in [-0.3, -0.25) is 4.90 Å². The lowest BCUT2D eigenvalue weighted by Crippen LogP contribution is -2.23. The van der Waals surface area contributed by atoms with E-state index in [1.807, 2.05) is 0 Å². The smallest absolute Gasteiger partial charge is 0.0243 e. The van der Waals surface area contributed by atoms with Gasteiger partial charge in [-0.05, 0) is 52.8 Å².